The predicted octanol–water partition coefficient (Wildman–Crippen LogP) is 4.82. The third-order valence-corrected chi connectivity index (χ3v) is 5.80. The van der Waals surface area contributed by atoms with E-state index in [9.17, 15) is 14.0 Å². The number of aliphatic imine (C=N–C) groups is 1. The molecule has 1 N–H and O–H groups in total. The van der Waals surface area contributed by atoms with Crippen LogP contribution in [0.5, 0.6) is 0 Å². The lowest BCUT2D eigenvalue weighted by Gasteiger charge is -2.16. The van der Waals surface area contributed by atoms with Crippen molar-refractivity contribution in [3.63, 3.8) is 0 Å². The van der Waals surface area contributed by atoms with E-state index in [1.165, 1.54) is 23.9 Å². The van der Waals surface area contributed by atoms with E-state index >= 15 is 0 Å². The quantitative estimate of drug-likeness (QED) is 0.540. The van der Waals surface area contributed by atoms with Crippen LogP contribution in [0.25, 0.3) is 0 Å². The van der Waals surface area contributed by atoms with Crippen molar-refractivity contribution in [3.8, 4) is 0 Å². The molecule has 0 aromatic heterocycles. The van der Waals surface area contributed by atoms with Crippen molar-refractivity contribution in [1.82, 2.24) is 4.90 Å². The molecule has 1 aromatic rings. The molecule has 1 heterocycles. The van der Waals surface area contributed by atoms with Crippen LogP contribution < -0.4 is 5.32 Å². The van der Waals surface area contributed by atoms with Gasteiger partial charge in [0.15, 0.2) is 5.17 Å². The zero-order chi connectivity index (χ0) is 19.8. The highest BCUT2D eigenvalue weighted by Crippen LogP contribution is 2.30. The molecule has 1 aliphatic rings. The molecule has 1 aromatic carbocycles. The maximum Gasteiger partial charge on any atom is 0.242 e. The lowest BCUT2D eigenvalue weighted by molar-refractivity contribution is -0.128. The topological polar surface area (TPSA) is 61.8 Å². The number of nitrogens with one attached hydrogen (secondary N) is 1. The van der Waals surface area contributed by atoms with Gasteiger partial charge in [0.05, 0.1) is 5.69 Å². The molecule has 2 rings (SSSR count). The van der Waals surface area contributed by atoms with E-state index < -0.39 is 11.1 Å². The molecule has 1 unspecified atom stereocenters. The summed E-state index contributed by atoms with van der Waals surface area (Å²) in [4.78, 5) is 31.3. The van der Waals surface area contributed by atoms with E-state index in [1.54, 1.807) is 11.0 Å². The second-order valence-corrected chi connectivity index (χ2v) is 8.43. The van der Waals surface area contributed by atoms with Crippen LogP contribution in [0.1, 0.15) is 46.0 Å². The molecule has 2 amide bonds. The van der Waals surface area contributed by atoms with E-state index in [0.29, 0.717) is 22.7 Å². The molecule has 8 heteroatoms. The van der Waals surface area contributed by atoms with E-state index in [0.717, 1.165) is 25.7 Å². The number of amidine groups is 1. The van der Waals surface area contributed by atoms with Gasteiger partial charge in [-0.15, -0.1) is 0 Å². The van der Waals surface area contributed by atoms with Crippen molar-refractivity contribution in [2.45, 2.75) is 51.2 Å². The number of thioether (sulfide) groups is 1. The average Bonchev–Trinajstić information content (AvgIpc) is 2.91. The minimum absolute atomic E-state index is 0.00553. The van der Waals surface area contributed by atoms with Crippen LogP contribution in [0.2, 0.25) is 0 Å². The fraction of sp³-hybridized carbons (Fsp3) is 0.526. The van der Waals surface area contributed by atoms with Crippen molar-refractivity contribution in [2.75, 3.05) is 18.4 Å². The van der Waals surface area contributed by atoms with Gasteiger partial charge in [-0.3, -0.25) is 19.5 Å². The van der Waals surface area contributed by atoms with E-state index in [-0.39, 0.29) is 23.9 Å². The standard InChI is InChI=1S/C19H25BrFN3O2S/c1-3-5-9-22-19-24(10-6-4-2)18(26)16(27-19)12-17(25)23-15-8-7-13(20)11-14(15)21/h7-8,11,16H,3-6,9-10,12H2,1-2H3,(H,23,25). The Morgan fingerprint density at radius 2 is 2.07 bits per heavy atom. The number of rotatable bonds is 9. The SMILES string of the molecule is CCCCN=C1SC(CC(=O)Nc2ccc(Br)cc2F)C(=O)N1CCCC. The molecule has 0 spiro atoms. The van der Waals surface area contributed by atoms with Crippen molar-refractivity contribution in [3.05, 3.63) is 28.5 Å². The van der Waals surface area contributed by atoms with Gasteiger partial charge in [-0.1, -0.05) is 54.4 Å². The second kappa shape index (κ2) is 10.8. The van der Waals surface area contributed by atoms with Gasteiger partial charge in [-0.05, 0) is 31.0 Å². The van der Waals surface area contributed by atoms with Crippen molar-refractivity contribution in [1.29, 1.82) is 0 Å². The number of hydrogen-bond acceptors (Lipinski definition) is 4. The Hall–Kier alpha value is -1.41. The van der Waals surface area contributed by atoms with Crippen LogP contribution in [-0.2, 0) is 9.59 Å². The molecule has 148 valence electrons. The van der Waals surface area contributed by atoms with E-state index in [2.05, 4.69) is 40.1 Å². The summed E-state index contributed by atoms with van der Waals surface area (Å²) >= 11 is 4.52. The zero-order valence-corrected chi connectivity index (χ0v) is 18.0. The largest absolute Gasteiger partial charge is 0.324 e. The third kappa shape index (κ3) is 6.31. The summed E-state index contributed by atoms with van der Waals surface area (Å²) in [6.07, 6.45) is 3.87. The molecular weight excluding hydrogens is 433 g/mol. The smallest absolute Gasteiger partial charge is 0.242 e. The number of carbonyl (C=O) groups is 2. The van der Waals surface area contributed by atoms with Gasteiger partial charge in [-0.2, -0.15) is 0 Å². The Morgan fingerprint density at radius 1 is 1.33 bits per heavy atom. The lowest BCUT2D eigenvalue weighted by atomic mass is 10.2. The summed E-state index contributed by atoms with van der Waals surface area (Å²) in [7, 11) is 0. The Kier molecular flexibility index (Phi) is 8.76. The van der Waals surface area contributed by atoms with Crippen molar-refractivity contribution < 1.29 is 14.0 Å². The van der Waals surface area contributed by atoms with Crippen LogP contribution in [-0.4, -0.2) is 40.2 Å². The maximum absolute atomic E-state index is 13.9. The average molecular weight is 458 g/mol. The first kappa shape index (κ1) is 21.9. The fourth-order valence-electron chi connectivity index (χ4n) is 2.58. The Morgan fingerprint density at radius 3 is 2.74 bits per heavy atom. The highest BCUT2D eigenvalue weighted by Gasteiger charge is 2.38. The second-order valence-electron chi connectivity index (χ2n) is 6.34. The van der Waals surface area contributed by atoms with Crippen LogP contribution in [0.15, 0.2) is 27.7 Å². The summed E-state index contributed by atoms with van der Waals surface area (Å²) in [5, 5.41) is 2.74. The minimum atomic E-state index is -0.519. The third-order valence-electron chi connectivity index (χ3n) is 4.09. The van der Waals surface area contributed by atoms with Gasteiger partial charge in [0.1, 0.15) is 11.1 Å². The van der Waals surface area contributed by atoms with E-state index in [4.69, 9.17) is 0 Å². The summed E-state index contributed by atoms with van der Waals surface area (Å²) in [5.41, 5.74) is 0.110. The zero-order valence-electron chi connectivity index (χ0n) is 15.6. The first-order valence-electron chi connectivity index (χ1n) is 9.23. The summed E-state index contributed by atoms with van der Waals surface area (Å²) in [6.45, 7) is 5.46. The Bertz CT molecular complexity index is 714. The molecule has 1 aliphatic heterocycles. The van der Waals surface area contributed by atoms with Crippen molar-refractivity contribution >= 4 is 50.4 Å². The molecular formula is C19H25BrFN3O2S. The lowest BCUT2D eigenvalue weighted by Crippen LogP contribution is -2.34. The molecule has 1 atom stereocenters. The molecule has 0 saturated carbocycles. The number of hydrogen-bond donors (Lipinski definition) is 1. The van der Waals surface area contributed by atoms with Crippen LogP contribution in [0.3, 0.4) is 0 Å². The number of anilines is 1. The molecule has 27 heavy (non-hydrogen) atoms. The van der Waals surface area contributed by atoms with Crippen LogP contribution in [0.4, 0.5) is 10.1 Å². The summed E-state index contributed by atoms with van der Waals surface area (Å²) in [5.74, 6) is -0.989. The van der Waals surface area contributed by atoms with Crippen molar-refractivity contribution in [2.24, 2.45) is 4.99 Å². The van der Waals surface area contributed by atoms with Crippen LogP contribution >= 0.6 is 27.7 Å². The molecule has 1 saturated heterocycles. The molecule has 0 aliphatic carbocycles. The van der Waals surface area contributed by atoms with Gasteiger partial charge in [-0.25, -0.2) is 4.39 Å². The molecule has 1 fully saturated rings. The predicted molar refractivity (Wildman–Crippen MR) is 113 cm³/mol. The van der Waals surface area contributed by atoms with Gasteiger partial charge < -0.3 is 5.32 Å². The summed E-state index contributed by atoms with van der Waals surface area (Å²) in [6, 6.07) is 4.43. The molecule has 5 nitrogen and oxygen atoms in total. The number of halogens is 2. The molecule has 0 radical (unpaired) electrons. The van der Waals surface area contributed by atoms with Gasteiger partial charge >= 0.3 is 0 Å². The van der Waals surface area contributed by atoms with Gasteiger partial charge in [0, 0.05) is 24.0 Å². The minimum Gasteiger partial charge on any atom is -0.324 e. The normalized spacial score (nSPS) is 18.4. The Balaban J connectivity index is 2.02. The number of unbranched alkanes of at least 4 members (excludes halogenated alkanes) is 2. The Labute approximate surface area is 172 Å². The number of carbonyl (C=O) groups excluding carboxylic acids is 2. The number of nitrogens with zero attached hydrogens (tertiary/aromatic N) is 2. The maximum atomic E-state index is 13.9. The molecule has 0 bridgehead atoms. The highest BCUT2D eigenvalue weighted by molar-refractivity contribution is 9.10. The monoisotopic (exact) mass is 457 g/mol. The first-order chi connectivity index (χ1) is 13.0. The first-order valence-corrected chi connectivity index (χ1v) is 10.9. The number of amides is 2. The van der Waals surface area contributed by atoms with Gasteiger partial charge in [0.2, 0.25) is 11.8 Å². The fourth-order valence-corrected chi connectivity index (χ4v) is 4.10. The van der Waals surface area contributed by atoms with Gasteiger partial charge in [0.25, 0.3) is 0 Å². The van der Waals surface area contributed by atoms with Crippen LogP contribution in [0, 0.1) is 5.82 Å². The number of benzene rings is 1. The van der Waals surface area contributed by atoms with E-state index in [1.807, 2.05) is 0 Å². The highest BCUT2D eigenvalue weighted by atomic mass is 79.9. The summed E-state index contributed by atoms with van der Waals surface area (Å²) < 4.78 is 14.5.